The van der Waals surface area contributed by atoms with Crippen LogP contribution in [0.2, 0.25) is 0 Å². The molecule has 0 aliphatic heterocycles. The van der Waals surface area contributed by atoms with Gasteiger partial charge in [0.2, 0.25) is 0 Å². The first-order chi connectivity index (χ1) is 9.99. The number of aliphatic hydroxyl groups is 1. The van der Waals surface area contributed by atoms with Crippen LogP contribution in [-0.4, -0.2) is 42.9 Å². The van der Waals surface area contributed by atoms with Gasteiger partial charge in [0.1, 0.15) is 5.52 Å². The molecule has 0 fully saturated rings. The zero-order valence-corrected chi connectivity index (χ0v) is 12.4. The molecule has 21 heavy (non-hydrogen) atoms. The second-order valence-corrected chi connectivity index (χ2v) is 5.09. The van der Waals surface area contributed by atoms with Crippen molar-refractivity contribution in [2.45, 2.75) is 19.4 Å². The Bertz CT molecular complexity index is 624. The number of aromatic nitrogens is 1. The number of amides is 2. The summed E-state index contributed by atoms with van der Waals surface area (Å²) in [7, 11) is 3.69. The smallest absolute Gasteiger partial charge is 0.319 e. The van der Waals surface area contributed by atoms with E-state index in [9.17, 15) is 4.79 Å². The summed E-state index contributed by atoms with van der Waals surface area (Å²) in [6, 6.07) is 5.38. The zero-order chi connectivity index (χ0) is 15.4. The number of aliphatic hydroxyl groups excluding tert-OH is 1. The number of benzene rings is 1. The molecule has 2 rings (SSSR count). The number of nitrogens with one attached hydrogen (secondary N) is 2. The van der Waals surface area contributed by atoms with Gasteiger partial charge in [-0.3, -0.25) is 0 Å². The SMILES string of the molecule is C[C@H](CCO)NC(=O)Nc1ccc2oc(N(C)C)nc2c1. The molecule has 0 spiro atoms. The molecule has 0 saturated carbocycles. The van der Waals surface area contributed by atoms with Crippen LogP contribution in [0.3, 0.4) is 0 Å². The van der Waals surface area contributed by atoms with E-state index in [0.29, 0.717) is 29.2 Å². The highest BCUT2D eigenvalue weighted by molar-refractivity contribution is 5.91. The van der Waals surface area contributed by atoms with Crippen LogP contribution in [0.1, 0.15) is 13.3 Å². The largest absolute Gasteiger partial charge is 0.423 e. The predicted molar refractivity (Wildman–Crippen MR) is 81.7 cm³/mol. The van der Waals surface area contributed by atoms with Crippen molar-refractivity contribution in [3.8, 4) is 0 Å². The van der Waals surface area contributed by atoms with Crippen LogP contribution in [0.5, 0.6) is 0 Å². The van der Waals surface area contributed by atoms with E-state index >= 15 is 0 Å². The summed E-state index contributed by atoms with van der Waals surface area (Å²) in [5, 5.41) is 14.3. The van der Waals surface area contributed by atoms with Crippen molar-refractivity contribution in [2.24, 2.45) is 0 Å². The first-order valence-electron chi connectivity index (χ1n) is 6.76. The lowest BCUT2D eigenvalue weighted by Crippen LogP contribution is -2.36. The first kappa shape index (κ1) is 15.1. The lowest BCUT2D eigenvalue weighted by molar-refractivity contribution is 0.241. The van der Waals surface area contributed by atoms with Crippen LogP contribution in [0, 0.1) is 0 Å². The van der Waals surface area contributed by atoms with Gasteiger partial charge in [-0.2, -0.15) is 4.98 Å². The molecule has 2 aromatic rings. The monoisotopic (exact) mass is 292 g/mol. The van der Waals surface area contributed by atoms with Crippen molar-refractivity contribution in [1.29, 1.82) is 0 Å². The molecule has 0 radical (unpaired) electrons. The number of urea groups is 1. The van der Waals surface area contributed by atoms with Crippen LogP contribution in [-0.2, 0) is 0 Å². The van der Waals surface area contributed by atoms with Gasteiger partial charge in [-0.15, -0.1) is 0 Å². The van der Waals surface area contributed by atoms with Gasteiger partial charge in [0.25, 0.3) is 6.01 Å². The summed E-state index contributed by atoms with van der Waals surface area (Å²) in [5.74, 6) is 0. The molecule has 0 aliphatic carbocycles. The molecule has 1 aromatic carbocycles. The van der Waals surface area contributed by atoms with Crippen molar-refractivity contribution < 1.29 is 14.3 Å². The molecule has 0 bridgehead atoms. The lowest BCUT2D eigenvalue weighted by atomic mass is 10.2. The molecular weight excluding hydrogens is 272 g/mol. The lowest BCUT2D eigenvalue weighted by Gasteiger charge is -2.13. The minimum atomic E-state index is -0.313. The third-order valence-corrected chi connectivity index (χ3v) is 2.96. The van der Waals surface area contributed by atoms with Crippen molar-refractivity contribution in [2.75, 3.05) is 30.9 Å². The molecule has 2 amide bonds. The fourth-order valence-corrected chi connectivity index (χ4v) is 1.84. The minimum Gasteiger partial charge on any atom is -0.423 e. The number of hydrogen-bond acceptors (Lipinski definition) is 5. The molecule has 114 valence electrons. The van der Waals surface area contributed by atoms with Crippen LogP contribution in [0.25, 0.3) is 11.1 Å². The van der Waals surface area contributed by atoms with Crippen molar-refractivity contribution >= 4 is 28.8 Å². The minimum absolute atomic E-state index is 0.0413. The van der Waals surface area contributed by atoms with E-state index in [1.54, 1.807) is 23.1 Å². The number of fused-ring (bicyclic) bond motifs is 1. The van der Waals surface area contributed by atoms with E-state index in [0.717, 1.165) is 0 Å². The van der Waals surface area contributed by atoms with Gasteiger partial charge in [-0.25, -0.2) is 4.79 Å². The number of oxazole rings is 1. The molecule has 1 aromatic heterocycles. The fourth-order valence-electron chi connectivity index (χ4n) is 1.84. The molecule has 1 heterocycles. The predicted octanol–water partition coefficient (Wildman–Crippen LogP) is 1.79. The molecule has 1 atom stereocenters. The van der Waals surface area contributed by atoms with Crippen molar-refractivity contribution in [1.82, 2.24) is 10.3 Å². The molecule has 7 heteroatoms. The van der Waals surface area contributed by atoms with Crippen LogP contribution in [0.4, 0.5) is 16.5 Å². The van der Waals surface area contributed by atoms with Crippen LogP contribution in [0.15, 0.2) is 22.6 Å². The summed E-state index contributed by atoms with van der Waals surface area (Å²) >= 11 is 0. The fraction of sp³-hybridized carbons (Fsp3) is 0.429. The van der Waals surface area contributed by atoms with E-state index in [-0.39, 0.29) is 18.7 Å². The summed E-state index contributed by atoms with van der Waals surface area (Å²) in [5.41, 5.74) is 1.98. The van der Waals surface area contributed by atoms with Crippen LogP contribution >= 0.6 is 0 Å². The normalized spacial score (nSPS) is 12.2. The Morgan fingerprint density at radius 1 is 1.48 bits per heavy atom. The highest BCUT2D eigenvalue weighted by atomic mass is 16.4. The third-order valence-electron chi connectivity index (χ3n) is 2.96. The quantitative estimate of drug-likeness (QED) is 0.781. The number of carbonyl (C=O) groups excluding carboxylic acids is 1. The maximum absolute atomic E-state index is 11.8. The highest BCUT2D eigenvalue weighted by Crippen LogP contribution is 2.23. The Kier molecular flexibility index (Phi) is 4.64. The summed E-state index contributed by atoms with van der Waals surface area (Å²) in [6.07, 6.45) is 0.516. The summed E-state index contributed by atoms with van der Waals surface area (Å²) in [4.78, 5) is 17.9. The number of hydrogen-bond donors (Lipinski definition) is 3. The van der Waals surface area contributed by atoms with Crippen LogP contribution < -0.4 is 15.5 Å². The van der Waals surface area contributed by atoms with E-state index in [1.165, 1.54) is 0 Å². The second-order valence-electron chi connectivity index (χ2n) is 5.09. The van der Waals surface area contributed by atoms with Gasteiger partial charge in [-0.05, 0) is 31.5 Å². The molecule has 0 aliphatic rings. The zero-order valence-electron chi connectivity index (χ0n) is 12.4. The molecule has 0 unspecified atom stereocenters. The Hall–Kier alpha value is -2.28. The molecular formula is C14H20N4O3. The second kappa shape index (κ2) is 6.45. The van der Waals surface area contributed by atoms with E-state index in [1.807, 2.05) is 21.0 Å². The van der Waals surface area contributed by atoms with E-state index in [2.05, 4.69) is 15.6 Å². The third kappa shape index (κ3) is 3.85. The van der Waals surface area contributed by atoms with E-state index in [4.69, 9.17) is 9.52 Å². The topological polar surface area (TPSA) is 90.6 Å². The summed E-state index contributed by atoms with van der Waals surface area (Å²) in [6.45, 7) is 1.87. The number of carbonyl (C=O) groups is 1. The Morgan fingerprint density at radius 2 is 2.24 bits per heavy atom. The Morgan fingerprint density at radius 3 is 2.90 bits per heavy atom. The first-order valence-corrected chi connectivity index (χ1v) is 6.76. The Balaban J connectivity index is 2.07. The number of nitrogens with zero attached hydrogens (tertiary/aromatic N) is 2. The highest BCUT2D eigenvalue weighted by Gasteiger charge is 2.10. The van der Waals surface area contributed by atoms with Crippen molar-refractivity contribution in [3.05, 3.63) is 18.2 Å². The molecule has 7 nitrogen and oxygen atoms in total. The standard InChI is InChI=1S/C14H20N4O3/c1-9(6-7-19)15-13(20)16-10-4-5-12-11(8-10)17-14(21-12)18(2)3/h4-5,8-9,19H,6-7H2,1-3H3,(H2,15,16,20)/t9-/m1/s1. The van der Waals surface area contributed by atoms with Gasteiger partial charge in [0.05, 0.1) is 0 Å². The maximum atomic E-state index is 11.8. The molecule has 3 N–H and O–H groups in total. The van der Waals surface area contributed by atoms with Gasteiger partial charge >= 0.3 is 6.03 Å². The average Bonchev–Trinajstić information content (AvgIpc) is 2.81. The average molecular weight is 292 g/mol. The van der Waals surface area contributed by atoms with Gasteiger partial charge in [0, 0.05) is 32.4 Å². The van der Waals surface area contributed by atoms with Gasteiger partial charge in [0.15, 0.2) is 5.58 Å². The summed E-state index contributed by atoms with van der Waals surface area (Å²) < 4.78 is 5.54. The van der Waals surface area contributed by atoms with Gasteiger partial charge in [-0.1, -0.05) is 0 Å². The number of anilines is 2. The van der Waals surface area contributed by atoms with E-state index < -0.39 is 0 Å². The number of rotatable bonds is 5. The maximum Gasteiger partial charge on any atom is 0.319 e. The van der Waals surface area contributed by atoms with Crippen molar-refractivity contribution in [3.63, 3.8) is 0 Å². The van der Waals surface area contributed by atoms with Gasteiger partial charge < -0.3 is 25.1 Å². The molecule has 0 saturated heterocycles. The Labute approximate surface area is 122 Å².